The van der Waals surface area contributed by atoms with E-state index in [2.05, 4.69) is 4.99 Å². The number of amidine groups is 1. The summed E-state index contributed by atoms with van der Waals surface area (Å²) in [6.07, 6.45) is -1.61. The fourth-order valence-corrected chi connectivity index (χ4v) is 3.02. The van der Waals surface area contributed by atoms with Crippen LogP contribution in [0.25, 0.3) is 0 Å². The molecule has 0 amide bonds. The summed E-state index contributed by atoms with van der Waals surface area (Å²) < 4.78 is 36.9. The van der Waals surface area contributed by atoms with E-state index in [4.69, 9.17) is 34.3 Å². The number of thioether (sulfide) groups is 1. The molecule has 1 aromatic carbocycles. The third kappa shape index (κ3) is 4.08. The van der Waals surface area contributed by atoms with E-state index >= 15 is 0 Å². The van der Waals surface area contributed by atoms with Gasteiger partial charge in [-0.3, -0.25) is 0 Å². The molecule has 0 heterocycles. The first-order valence-electron chi connectivity index (χ1n) is 6.22. The van der Waals surface area contributed by atoms with Crippen LogP contribution >= 0.6 is 35.0 Å². The largest absolute Gasteiger partial charge is 0.398 e. The van der Waals surface area contributed by atoms with Crippen molar-refractivity contribution in [3.63, 3.8) is 0 Å². The summed E-state index contributed by atoms with van der Waals surface area (Å²) in [6.45, 7) is 0. The van der Waals surface area contributed by atoms with Crippen molar-refractivity contribution in [2.45, 2.75) is 23.9 Å². The molecule has 0 aliphatic heterocycles. The third-order valence-corrected chi connectivity index (χ3v) is 5.06. The summed E-state index contributed by atoms with van der Waals surface area (Å²) in [5, 5.41) is 7.69. The molecule has 0 unspecified atom stereocenters. The quantitative estimate of drug-likeness (QED) is 0.432. The number of hydrogen-bond acceptors (Lipinski definition) is 3. The summed E-state index contributed by atoms with van der Waals surface area (Å²) in [6, 6.07) is 2.73. The van der Waals surface area contributed by atoms with Crippen LogP contribution in [0.15, 0.2) is 22.0 Å². The van der Waals surface area contributed by atoms with E-state index in [9.17, 15) is 13.2 Å². The zero-order valence-corrected chi connectivity index (χ0v) is 13.5. The number of alkyl halides is 3. The highest BCUT2D eigenvalue weighted by Crippen LogP contribution is 2.45. The van der Waals surface area contributed by atoms with Gasteiger partial charge in [-0.05, 0) is 25.0 Å². The molecule has 0 spiro atoms. The zero-order valence-electron chi connectivity index (χ0n) is 11.2. The Bertz CT molecular complexity index is 628. The predicted octanol–water partition coefficient (Wildman–Crippen LogP) is 5.07. The molecule has 3 N–H and O–H groups in total. The van der Waals surface area contributed by atoms with Crippen molar-refractivity contribution in [3.05, 3.63) is 22.2 Å². The highest BCUT2D eigenvalue weighted by molar-refractivity contribution is 7.99. The molecule has 9 heteroatoms. The lowest BCUT2D eigenvalue weighted by Gasteiger charge is -2.11. The van der Waals surface area contributed by atoms with Crippen LogP contribution in [-0.2, 0) is 0 Å². The van der Waals surface area contributed by atoms with Crippen LogP contribution in [-0.4, -0.2) is 24.0 Å². The molecular weight excluding hydrogens is 358 g/mol. The standard InChI is InChI=1S/C13H12Cl2F3N3S/c14-7-3-8(15)10(22-6-13(16,17)18)4-9(7)21-11(20)12(5-19)1-2-12/h3-5,19H,1-2,6H2,(H2,20,21). The molecule has 0 bridgehead atoms. The molecule has 1 saturated carbocycles. The molecule has 0 atom stereocenters. The van der Waals surface area contributed by atoms with Crippen LogP contribution in [0, 0.1) is 10.8 Å². The van der Waals surface area contributed by atoms with Crippen molar-refractivity contribution < 1.29 is 13.2 Å². The second-order valence-corrected chi connectivity index (χ2v) is 6.77. The Labute approximate surface area is 139 Å². The number of rotatable bonds is 5. The number of hydrogen-bond donors (Lipinski definition) is 2. The van der Waals surface area contributed by atoms with E-state index in [1.807, 2.05) is 0 Å². The Morgan fingerprint density at radius 3 is 2.50 bits per heavy atom. The molecule has 22 heavy (non-hydrogen) atoms. The number of nitrogens with one attached hydrogen (secondary N) is 1. The van der Waals surface area contributed by atoms with Gasteiger partial charge in [-0.25, -0.2) is 4.99 Å². The van der Waals surface area contributed by atoms with Crippen LogP contribution in [0.1, 0.15) is 12.8 Å². The molecule has 1 aromatic rings. The Morgan fingerprint density at radius 1 is 1.36 bits per heavy atom. The smallest absolute Gasteiger partial charge is 0.386 e. The maximum absolute atomic E-state index is 12.3. The van der Waals surface area contributed by atoms with Crippen LogP contribution in [0.5, 0.6) is 0 Å². The molecule has 0 radical (unpaired) electrons. The first-order valence-corrected chi connectivity index (χ1v) is 7.96. The summed E-state index contributed by atoms with van der Waals surface area (Å²) >= 11 is 12.5. The van der Waals surface area contributed by atoms with Crippen LogP contribution in [0.2, 0.25) is 10.0 Å². The van der Waals surface area contributed by atoms with E-state index in [0.29, 0.717) is 11.8 Å². The van der Waals surface area contributed by atoms with Gasteiger partial charge in [0.25, 0.3) is 0 Å². The normalized spacial score (nSPS) is 17.4. The fourth-order valence-electron chi connectivity index (χ4n) is 1.72. The van der Waals surface area contributed by atoms with Gasteiger partial charge < -0.3 is 11.1 Å². The first kappa shape index (κ1) is 17.4. The monoisotopic (exact) mass is 369 g/mol. The van der Waals surface area contributed by atoms with Gasteiger partial charge in [0.05, 0.1) is 26.9 Å². The molecule has 120 valence electrons. The van der Waals surface area contributed by atoms with E-state index in [1.165, 1.54) is 18.3 Å². The number of benzene rings is 1. The Hall–Kier alpha value is -0.920. The molecule has 1 aliphatic rings. The lowest BCUT2D eigenvalue weighted by Crippen LogP contribution is -2.25. The highest BCUT2D eigenvalue weighted by atomic mass is 35.5. The van der Waals surface area contributed by atoms with Crippen molar-refractivity contribution in [2.75, 3.05) is 5.75 Å². The number of nitrogens with zero attached hydrogens (tertiary/aromatic N) is 1. The number of aliphatic imine (C=N–C) groups is 1. The van der Waals surface area contributed by atoms with E-state index in [1.54, 1.807) is 0 Å². The van der Waals surface area contributed by atoms with Gasteiger partial charge in [0.1, 0.15) is 5.84 Å². The summed E-state index contributed by atoms with van der Waals surface area (Å²) in [5.74, 6) is -0.823. The van der Waals surface area contributed by atoms with E-state index in [-0.39, 0.29) is 26.5 Å². The molecule has 3 nitrogen and oxygen atoms in total. The lowest BCUT2D eigenvalue weighted by molar-refractivity contribution is -0.105. The van der Waals surface area contributed by atoms with Crippen molar-refractivity contribution in [3.8, 4) is 0 Å². The minimum atomic E-state index is -4.30. The average Bonchev–Trinajstić information content (AvgIpc) is 3.20. The number of halogens is 5. The molecular formula is C13H12Cl2F3N3S. The first-order chi connectivity index (χ1) is 10.2. The van der Waals surface area contributed by atoms with Crippen LogP contribution < -0.4 is 5.73 Å². The average molecular weight is 370 g/mol. The maximum atomic E-state index is 12.3. The Morgan fingerprint density at radius 2 is 2.00 bits per heavy atom. The predicted molar refractivity (Wildman–Crippen MR) is 85.0 cm³/mol. The SMILES string of the molecule is N=CC1(C(N)=Nc2cc(SCC(F)(F)F)c(Cl)cc2Cl)CC1. The van der Waals surface area contributed by atoms with Crippen molar-refractivity contribution in [1.29, 1.82) is 5.41 Å². The maximum Gasteiger partial charge on any atom is 0.398 e. The second-order valence-electron chi connectivity index (χ2n) is 4.94. The van der Waals surface area contributed by atoms with Gasteiger partial charge in [-0.15, -0.1) is 11.8 Å². The molecule has 1 aliphatic carbocycles. The van der Waals surface area contributed by atoms with Crippen molar-refractivity contribution in [2.24, 2.45) is 16.1 Å². The van der Waals surface area contributed by atoms with Crippen molar-refractivity contribution >= 4 is 52.7 Å². The summed E-state index contributed by atoms with van der Waals surface area (Å²) in [7, 11) is 0. The molecule has 2 rings (SSSR count). The summed E-state index contributed by atoms with van der Waals surface area (Å²) in [4.78, 5) is 4.40. The van der Waals surface area contributed by atoms with Gasteiger partial charge in [0.15, 0.2) is 0 Å². The second kappa shape index (κ2) is 6.29. The fraction of sp³-hybridized carbons (Fsp3) is 0.385. The van der Waals surface area contributed by atoms with Crippen LogP contribution in [0.3, 0.4) is 0 Å². The van der Waals surface area contributed by atoms with Gasteiger partial charge in [-0.1, -0.05) is 23.2 Å². The van der Waals surface area contributed by atoms with E-state index < -0.39 is 17.3 Å². The van der Waals surface area contributed by atoms with Gasteiger partial charge in [0, 0.05) is 11.1 Å². The molecule has 0 saturated heterocycles. The zero-order chi connectivity index (χ0) is 16.5. The summed E-state index contributed by atoms with van der Waals surface area (Å²) in [5.41, 5.74) is 5.59. The van der Waals surface area contributed by atoms with Crippen LogP contribution in [0.4, 0.5) is 18.9 Å². The van der Waals surface area contributed by atoms with Gasteiger partial charge in [-0.2, -0.15) is 13.2 Å². The topological polar surface area (TPSA) is 62.2 Å². The van der Waals surface area contributed by atoms with Crippen molar-refractivity contribution in [1.82, 2.24) is 0 Å². The highest BCUT2D eigenvalue weighted by Gasteiger charge is 2.44. The Kier molecular flexibility index (Phi) is 4.99. The Balaban J connectivity index is 2.28. The van der Waals surface area contributed by atoms with Gasteiger partial charge in [0.2, 0.25) is 0 Å². The lowest BCUT2D eigenvalue weighted by atomic mass is 10.1. The van der Waals surface area contributed by atoms with Gasteiger partial charge >= 0.3 is 6.18 Å². The minimum absolute atomic E-state index is 0.130. The number of nitrogens with two attached hydrogens (primary N) is 1. The molecule has 0 aromatic heterocycles. The van der Waals surface area contributed by atoms with E-state index in [0.717, 1.165) is 12.8 Å². The third-order valence-electron chi connectivity index (χ3n) is 3.21. The molecule has 1 fully saturated rings. The minimum Gasteiger partial charge on any atom is -0.386 e.